The molecule has 174 valence electrons. The molecule has 0 atom stereocenters. The first-order chi connectivity index (χ1) is 18.3. The number of nitrogens with one attached hydrogen (secondary N) is 1. The van der Waals surface area contributed by atoms with Crippen LogP contribution in [-0.2, 0) is 0 Å². The molecule has 0 aliphatic carbocycles. The minimum atomic E-state index is 1.11. The summed E-state index contributed by atoms with van der Waals surface area (Å²) in [4.78, 5) is 0. The average Bonchev–Trinajstić information content (AvgIpc) is 3.52. The fourth-order valence-corrected chi connectivity index (χ4v) is 7.88. The molecule has 0 unspecified atom stereocenters. The first kappa shape index (κ1) is 21.0. The monoisotopic (exact) mass is 507 g/mol. The van der Waals surface area contributed by atoms with Gasteiger partial charge in [0.1, 0.15) is 0 Å². The number of fused-ring (bicyclic) bond motifs is 8. The van der Waals surface area contributed by atoms with Crippen LogP contribution in [0.5, 0.6) is 0 Å². The lowest BCUT2D eigenvalue weighted by Crippen LogP contribution is -1.92. The van der Waals surface area contributed by atoms with Crippen LogP contribution in [-0.4, -0.2) is 0 Å². The van der Waals surface area contributed by atoms with Crippen molar-refractivity contribution in [1.29, 1.82) is 0 Å². The molecule has 0 bridgehead atoms. The van der Waals surface area contributed by atoms with Crippen molar-refractivity contribution in [3.05, 3.63) is 121 Å². The Labute approximate surface area is 222 Å². The van der Waals surface area contributed by atoms with Crippen LogP contribution in [0.4, 0.5) is 11.4 Å². The Morgan fingerprint density at radius 2 is 1.24 bits per heavy atom. The van der Waals surface area contributed by atoms with Crippen LogP contribution >= 0.6 is 22.7 Å². The Morgan fingerprint density at radius 1 is 0.459 bits per heavy atom. The van der Waals surface area contributed by atoms with Crippen molar-refractivity contribution >= 4 is 85.2 Å². The van der Waals surface area contributed by atoms with Crippen LogP contribution in [0.3, 0.4) is 0 Å². The minimum absolute atomic E-state index is 1.11. The van der Waals surface area contributed by atoms with Gasteiger partial charge in [0.05, 0.1) is 0 Å². The van der Waals surface area contributed by atoms with E-state index in [0.29, 0.717) is 0 Å². The normalized spacial score (nSPS) is 11.8. The minimum Gasteiger partial charge on any atom is -0.355 e. The lowest BCUT2D eigenvalue weighted by Gasteiger charge is -2.12. The number of hydrogen-bond acceptors (Lipinski definition) is 3. The second-order valence-corrected chi connectivity index (χ2v) is 11.6. The average molecular weight is 508 g/mol. The van der Waals surface area contributed by atoms with Crippen molar-refractivity contribution in [2.45, 2.75) is 0 Å². The van der Waals surface area contributed by atoms with Gasteiger partial charge in [-0.15, -0.1) is 22.7 Å². The molecule has 0 fully saturated rings. The largest absolute Gasteiger partial charge is 0.355 e. The third kappa shape index (κ3) is 3.36. The molecule has 0 saturated carbocycles. The summed E-state index contributed by atoms with van der Waals surface area (Å²) in [5.41, 5.74) is 4.72. The van der Waals surface area contributed by atoms with Gasteiger partial charge < -0.3 is 5.32 Å². The van der Waals surface area contributed by atoms with Crippen LogP contribution in [0.2, 0.25) is 0 Å². The predicted octanol–water partition coefficient (Wildman–Crippen LogP) is 11.0. The topological polar surface area (TPSA) is 12.0 Å². The molecule has 3 heteroatoms. The van der Waals surface area contributed by atoms with Gasteiger partial charge in [0, 0.05) is 51.7 Å². The molecular weight excluding hydrogens is 487 g/mol. The van der Waals surface area contributed by atoms with Gasteiger partial charge in [-0.25, -0.2) is 0 Å². The molecule has 8 rings (SSSR count). The Hall–Kier alpha value is -4.18. The van der Waals surface area contributed by atoms with E-state index in [9.17, 15) is 0 Å². The highest BCUT2D eigenvalue weighted by Gasteiger charge is 2.15. The Kier molecular flexibility index (Phi) is 4.63. The molecule has 0 radical (unpaired) electrons. The molecule has 0 aliphatic heterocycles. The van der Waals surface area contributed by atoms with Crippen molar-refractivity contribution in [2.75, 3.05) is 5.32 Å². The lowest BCUT2D eigenvalue weighted by atomic mass is 10.0. The second kappa shape index (κ2) is 8.17. The van der Waals surface area contributed by atoms with Gasteiger partial charge in [-0.05, 0) is 58.3 Å². The maximum Gasteiger partial charge on any atom is 0.0485 e. The van der Waals surface area contributed by atoms with E-state index in [2.05, 4.69) is 127 Å². The highest BCUT2D eigenvalue weighted by atomic mass is 32.1. The first-order valence-electron chi connectivity index (χ1n) is 12.4. The molecule has 2 heterocycles. The maximum atomic E-state index is 3.84. The highest BCUT2D eigenvalue weighted by molar-refractivity contribution is 7.27. The van der Waals surface area contributed by atoms with E-state index in [1.54, 1.807) is 0 Å². The van der Waals surface area contributed by atoms with Gasteiger partial charge in [-0.1, -0.05) is 84.9 Å². The van der Waals surface area contributed by atoms with Gasteiger partial charge in [0.2, 0.25) is 0 Å². The smallest absolute Gasteiger partial charge is 0.0485 e. The van der Waals surface area contributed by atoms with Crippen LogP contribution < -0.4 is 5.32 Å². The third-order valence-electron chi connectivity index (χ3n) is 7.23. The van der Waals surface area contributed by atoms with E-state index >= 15 is 0 Å². The molecule has 1 N–H and O–H groups in total. The molecule has 8 aromatic rings. The molecule has 0 saturated heterocycles. The summed E-state index contributed by atoms with van der Waals surface area (Å²) in [6, 6.07) is 44.0. The fraction of sp³-hybridized carbons (Fsp3) is 0. The van der Waals surface area contributed by atoms with Gasteiger partial charge >= 0.3 is 0 Å². The zero-order chi connectivity index (χ0) is 24.3. The van der Waals surface area contributed by atoms with Gasteiger partial charge in [-0.2, -0.15) is 0 Å². The van der Waals surface area contributed by atoms with Crippen LogP contribution in [0.15, 0.2) is 121 Å². The molecule has 1 nitrogen and oxygen atoms in total. The summed E-state index contributed by atoms with van der Waals surface area (Å²) in [5.74, 6) is 0. The Balaban J connectivity index is 1.38. The zero-order valence-electron chi connectivity index (χ0n) is 19.9. The summed E-state index contributed by atoms with van der Waals surface area (Å²) in [6.45, 7) is 0. The van der Waals surface area contributed by atoms with E-state index < -0.39 is 0 Å². The summed E-state index contributed by atoms with van der Waals surface area (Å²) in [7, 11) is 0. The molecule has 37 heavy (non-hydrogen) atoms. The summed E-state index contributed by atoms with van der Waals surface area (Å²) in [5, 5.41) is 11.7. The number of hydrogen-bond donors (Lipinski definition) is 1. The molecule has 0 spiro atoms. The van der Waals surface area contributed by atoms with E-state index in [1.165, 1.54) is 62.2 Å². The highest BCUT2D eigenvalue weighted by Crippen LogP contribution is 2.45. The van der Waals surface area contributed by atoms with Gasteiger partial charge in [0.25, 0.3) is 0 Å². The predicted molar refractivity (Wildman–Crippen MR) is 165 cm³/mol. The van der Waals surface area contributed by atoms with E-state index in [4.69, 9.17) is 0 Å². The molecule has 0 amide bonds. The zero-order valence-corrected chi connectivity index (χ0v) is 21.5. The van der Waals surface area contributed by atoms with Gasteiger partial charge in [0.15, 0.2) is 0 Å². The van der Waals surface area contributed by atoms with E-state index in [0.717, 1.165) is 11.4 Å². The molecule has 0 aliphatic rings. The van der Waals surface area contributed by atoms with Crippen molar-refractivity contribution < 1.29 is 0 Å². The fourth-order valence-electron chi connectivity index (χ4n) is 5.49. The SMILES string of the molecule is c1ccc(-c2cc(Nc3ccc4sc5ccccc5c4c3)c3c(c2)sc2c4ccccc4ccc23)cc1. The van der Waals surface area contributed by atoms with Crippen molar-refractivity contribution in [3.63, 3.8) is 0 Å². The summed E-state index contributed by atoms with van der Waals surface area (Å²) < 4.78 is 5.30. The Morgan fingerprint density at radius 3 is 2.16 bits per heavy atom. The van der Waals surface area contributed by atoms with Crippen molar-refractivity contribution in [3.8, 4) is 11.1 Å². The van der Waals surface area contributed by atoms with E-state index in [1.807, 2.05) is 22.7 Å². The van der Waals surface area contributed by atoms with E-state index in [-0.39, 0.29) is 0 Å². The summed E-state index contributed by atoms with van der Waals surface area (Å²) >= 11 is 3.75. The maximum absolute atomic E-state index is 3.84. The summed E-state index contributed by atoms with van der Waals surface area (Å²) in [6.07, 6.45) is 0. The quantitative estimate of drug-likeness (QED) is 0.251. The molecular formula is C34H21NS2. The second-order valence-electron chi connectivity index (χ2n) is 9.46. The Bertz CT molecular complexity index is 2120. The number of thiophene rings is 2. The number of rotatable bonds is 3. The number of anilines is 2. The van der Waals surface area contributed by atoms with Gasteiger partial charge in [-0.3, -0.25) is 0 Å². The number of benzene rings is 6. The van der Waals surface area contributed by atoms with Crippen LogP contribution in [0.1, 0.15) is 0 Å². The van der Waals surface area contributed by atoms with Crippen LogP contribution in [0.25, 0.3) is 62.2 Å². The standard InChI is InChI=1S/C34H21NS2/c1-2-8-21(9-3-1)23-18-29(35-24-15-17-31-28(20-24)26-12-6-7-13-30(26)36-31)33-27-16-14-22-10-4-5-11-25(22)34(27)37-32(33)19-23/h1-20,35H. The lowest BCUT2D eigenvalue weighted by molar-refractivity contribution is 1.60. The molecule has 2 aromatic heterocycles. The molecule has 6 aromatic carbocycles. The first-order valence-corrected chi connectivity index (χ1v) is 14.1. The van der Waals surface area contributed by atoms with Crippen molar-refractivity contribution in [2.24, 2.45) is 0 Å². The third-order valence-corrected chi connectivity index (χ3v) is 9.56. The van der Waals surface area contributed by atoms with Crippen LogP contribution in [0, 0.1) is 0 Å². The van der Waals surface area contributed by atoms with Crippen molar-refractivity contribution in [1.82, 2.24) is 0 Å².